The van der Waals surface area contributed by atoms with Gasteiger partial charge < -0.3 is 10.3 Å². The van der Waals surface area contributed by atoms with Crippen molar-refractivity contribution in [3.8, 4) is 0 Å². The molecule has 1 amide bonds. The van der Waals surface area contributed by atoms with Crippen LogP contribution in [-0.2, 0) is 14.6 Å². The fraction of sp³-hybridized carbons (Fsp3) is 0.0556. The highest BCUT2D eigenvalue weighted by Crippen LogP contribution is 2.21. The highest BCUT2D eigenvalue weighted by Gasteiger charge is 2.22. The topological polar surface area (TPSA) is 109 Å². The van der Waals surface area contributed by atoms with Crippen LogP contribution >= 0.6 is 27.7 Å². The molecule has 0 fully saturated rings. The van der Waals surface area contributed by atoms with Gasteiger partial charge in [-0.05, 0) is 36.4 Å². The molecule has 0 spiro atoms. The van der Waals surface area contributed by atoms with Crippen molar-refractivity contribution in [2.24, 2.45) is 0 Å². The molecule has 0 saturated carbocycles. The van der Waals surface area contributed by atoms with Crippen molar-refractivity contribution < 1.29 is 13.2 Å². The van der Waals surface area contributed by atoms with Gasteiger partial charge in [-0.3, -0.25) is 9.59 Å². The third-order valence-electron chi connectivity index (χ3n) is 3.55. The normalized spacial score (nSPS) is 11.2. The number of thioether (sulfide) groups is 1. The highest BCUT2D eigenvalue weighted by molar-refractivity contribution is 9.10. The molecule has 0 aliphatic heterocycles. The number of nitrogens with zero attached hydrogens (tertiary/aromatic N) is 1. The molecular weight excluding hydrogens is 466 g/mol. The molecule has 0 atom stereocenters. The predicted octanol–water partition coefficient (Wildman–Crippen LogP) is 3.10. The maximum absolute atomic E-state index is 12.6. The Morgan fingerprint density at radius 3 is 2.43 bits per heavy atom. The average Bonchev–Trinajstić information content (AvgIpc) is 2.67. The smallest absolute Gasteiger partial charge is 0.270 e. The first-order valence-corrected chi connectivity index (χ1v) is 11.2. The van der Waals surface area contributed by atoms with E-state index in [1.165, 1.54) is 12.1 Å². The Hall–Kier alpha value is -2.43. The lowest BCUT2D eigenvalue weighted by molar-refractivity contribution is -0.113. The number of para-hydroxylation sites is 1. The van der Waals surface area contributed by atoms with Crippen LogP contribution in [0.2, 0.25) is 0 Å². The van der Waals surface area contributed by atoms with Gasteiger partial charge in [0.05, 0.1) is 16.8 Å². The van der Waals surface area contributed by atoms with Crippen molar-refractivity contribution in [1.29, 1.82) is 0 Å². The molecule has 0 radical (unpaired) electrons. The molecule has 28 heavy (non-hydrogen) atoms. The second kappa shape index (κ2) is 8.72. The number of nitrogens with one attached hydrogen (secondary N) is 2. The van der Waals surface area contributed by atoms with Crippen LogP contribution in [0.3, 0.4) is 0 Å². The molecule has 0 unspecified atom stereocenters. The van der Waals surface area contributed by atoms with E-state index < -0.39 is 20.3 Å². The van der Waals surface area contributed by atoms with Crippen LogP contribution in [0.1, 0.15) is 0 Å². The third kappa shape index (κ3) is 4.89. The Morgan fingerprint density at radius 1 is 1.11 bits per heavy atom. The SMILES string of the molecule is O=C(CSc1ncc(S(=O)(=O)c2ccc(Br)cc2)c(=O)[nH]1)Nc1ccccc1. The van der Waals surface area contributed by atoms with Gasteiger partial charge in [0, 0.05) is 10.2 Å². The number of aromatic amines is 1. The van der Waals surface area contributed by atoms with Gasteiger partial charge in [0.15, 0.2) is 10.1 Å². The number of H-pyrrole nitrogens is 1. The molecule has 3 rings (SSSR count). The van der Waals surface area contributed by atoms with E-state index in [9.17, 15) is 18.0 Å². The van der Waals surface area contributed by atoms with Crippen molar-refractivity contribution in [1.82, 2.24) is 9.97 Å². The van der Waals surface area contributed by atoms with Gasteiger partial charge in [-0.1, -0.05) is 45.9 Å². The molecule has 144 valence electrons. The zero-order valence-corrected chi connectivity index (χ0v) is 17.5. The minimum absolute atomic E-state index is 0.00866. The van der Waals surface area contributed by atoms with Gasteiger partial charge in [0.1, 0.15) is 0 Å². The summed E-state index contributed by atoms with van der Waals surface area (Å²) in [6.07, 6.45) is 1.01. The number of aromatic nitrogens is 2. The molecule has 7 nitrogen and oxygen atoms in total. The quantitative estimate of drug-likeness (QED) is 0.415. The van der Waals surface area contributed by atoms with Gasteiger partial charge in [0.2, 0.25) is 15.7 Å². The molecular formula is C18H14BrN3O4S2. The molecule has 10 heteroatoms. The van der Waals surface area contributed by atoms with E-state index in [4.69, 9.17) is 0 Å². The second-order valence-corrected chi connectivity index (χ2v) is 9.34. The van der Waals surface area contributed by atoms with E-state index in [0.717, 1.165) is 22.4 Å². The van der Waals surface area contributed by atoms with Crippen LogP contribution in [0.15, 0.2) is 85.0 Å². The highest BCUT2D eigenvalue weighted by atomic mass is 79.9. The van der Waals surface area contributed by atoms with Crippen LogP contribution < -0.4 is 10.9 Å². The number of anilines is 1. The largest absolute Gasteiger partial charge is 0.325 e. The average molecular weight is 480 g/mol. The van der Waals surface area contributed by atoms with Crippen molar-refractivity contribution in [2.45, 2.75) is 14.9 Å². The molecule has 0 aliphatic carbocycles. The first-order valence-electron chi connectivity index (χ1n) is 7.94. The summed E-state index contributed by atoms with van der Waals surface area (Å²) in [6, 6.07) is 14.9. The minimum Gasteiger partial charge on any atom is -0.325 e. The molecule has 2 N–H and O–H groups in total. The summed E-state index contributed by atoms with van der Waals surface area (Å²) in [4.78, 5) is 30.1. The number of carbonyl (C=O) groups is 1. The van der Waals surface area contributed by atoms with Gasteiger partial charge in [-0.15, -0.1) is 0 Å². The molecule has 3 aromatic rings. The van der Waals surface area contributed by atoms with E-state index in [1.807, 2.05) is 6.07 Å². The first-order chi connectivity index (χ1) is 13.4. The Morgan fingerprint density at radius 2 is 1.79 bits per heavy atom. The number of hydrogen-bond donors (Lipinski definition) is 2. The van der Waals surface area contributed by atoms with E-state index >= 15 is 0 Å². The van der Waals surface area contributed by atoms with Crippen LogP contribution in [0.5, 0.6) is 0 Å². The maximum atomic E-state index is 12.6. The van der Waals surface area contributed by atoms with Crippen molar-refractivity contribution in [3.63, 3.8) is 0 Å². The number of rotatable bonds is 6. The fourth-order valence-corrected chi connectivity index (χ4v) is 4.36. The lowest BCUT2D eigenvalue weighted by Gasteiger charge is -2.06. The van der Waals surface area contributed by atoms with Crippen LogP contribution in [-0.4, -0.2) is 30.0 Å². The summed E-state index contributed by atoms with van der Waals surface area (Å²) in [7, 11) is -3.99. The number of benzene rings is 2. The lowest BCUT2D eigenvalue weighted by atomic mass is 10.3. The van der Waals surface area contributed by atoms with E-state index in [0.29, 0.717) is 5.69 Å². The summed E-state index contributed by atoms with van der Waals surface area (Å²) in [5.41, 5.74) is -0.130. The van der Waals surface area contributed by atoms with Gasteiger partial charge >= 0.3 is 0 Å². The van der Waals surface area contributed by atoms with Gasteiger partial charge in [-0.2, -0.15) is 0 Å². The molecule has 2 aromatic carbocycles. The zero-order chi connectivity index (χ0) is 20.1. The molecule has 1 heterocycles. The van der Waals surface area contributed by atoms with E-state index in [2.05, 4.69) is 31.2 Å². The molecule has 0 saturated heterocycles. The summed E-state index contributed by atoms with van der Waals surface area (Å²) >= 11 is 4.23. The van der Waals surface area contributed by atoms with Crippen LogP contribution in [0.25, 0.3) is 0 Å². The second-order valence-electron chi connectivity index (χ2n) is 5.54. The number of carbonyl (C=O) groups excluding carboxylic acids is 1. The molecule has 0 aliphatic rings. The summed E-state index contributed by atoms with van der Waals surface area (Å²) < 4.78 is 25.9. The predicted molar refractivity (Wildman–Crippen MR) is 110 cm³/mol. The summed E-state index contributed by atoms with van der Waals surface area (Å²) in [5.74, 6) is -0.262. The minimum atomic E-state index is -3.99. The third-order valence-corrected chi connectivity index (χ3v) is 6.73. The standard InChI is InChI=1S/C18H14BrN3O4S2/c19-12-6-8-14(9-7-12)28(25,26)15-10-20-18(22-17(15)24)27-11-16(23)21-13-4-2-1-3-5-13/h1-10H,11H2,(H,21,23)(H,20,22,24). The van der Waals surface area contributed by atoms with Crippen LogP contribution in [0, 0.1) is 0 Å². The number of sulfone groups is 1. The maximum Gasteiger partial charge on any atom is 0.270 e. The Labute approximate surface area is 173 Å². The molecule has 1 aromatic heterocycles. The monoisotopic (exact) mass is 479 g/mol. The van der Waals surface area contributed by atoms with E-state index in [1.54, 1.807) is 36.4 Å². The Bertz CT molecular complexity index is 1150. The Kier molecular flexibility index (Phi) is 6.32. The number of hydrogen-bond acceptors (Lipinski definition) is 6. The van der Waals surface area contributed by atoms with Gasteiger partial charge in [0.25, 0.3) is 5.56 Å². The fourth-order valence-electron chi connectivity index (χ4n) is 2.22. The lowest BCUT2D eigenvalue weighted by Crippen LogP contribution is -2.20. The van der Waals surface area contributed by atoms with Crippen LogP contribution in [0.4, 0.5) is 5.69 Å². The zero-order valence-electron chi connectivity index (χ0n) is 14.3. The number of halogens is 1. The summed E-state index contributed by atoms with van der Waals surface area (Å²) in [6.45, 7) is 0. The molecule has 0 bridgehead atoms. The van der Waals surface area contributed by atoms with Gasteiger partial charge in [-0.25, -0.2) is 13.4 Å². The Balaban J connectivity index is 1.71. The van der Waals surface area contributed by atoms with Crippen molar-refractivity contribution in [2.75, 3.05) is 11.1 Å². The summed E-state index contributed by atoms with van der Waals surface area (Å²) in [5, 5.41) is 2.86. The van der Waals surface area contributed by atoms with E-state index in [-0.39, 0.29) is 21.7 Å². The first kappa shape index (κ1) is 20.3. The van der Waals surface area contributed by atoms with Crippen molar-refractivity contribution in [3.05, 3.63) is 75.6 Å². The van der Waals surface area contributed by atoms with Crippen molar-refractivity contribution >= 4 is 49.1 Å². The number of amides is 1.